The first-order valence-electron chi connectivity index (χ1n) is 6.87. The summed E-state index contributed by atoms with van der Waals surface area (Å²) in [6, 6.07) is 11.9. The molecule has 3 aromatic heterocycles. The lowest BCUT2D eigenvalue weighted by Crippen LogP contribution is -1.99. The van der Waals surface area contributed by atoms with Crippen molar-refractivity contribution in [2.24, 2.45) is 0 Å². The lowest BCUT2D eigenvalue weighted by molar-refractivity contribution is 0.985. The maximum absolute atomic E-state index is 5.87. The number of aromatic nitrogens is 5. The number of hydrogen-bond donors (Lipinski definition) is 1. The third-order valence-electron chi connectivity index (χ3n) is 3.22. The summed E-state index contributed by atoms with van der Waals surface area (Å²) in [6.07, 6.45) is 0. The Morgan fingerprint density at radius 2 is 1.96 bits per heavy atom. The first kappa shape index (κ1) is 14.1. The van der Waals surface area contributed by atoms with Gasteiger partial charge in [0.1, 0.15) is 5.82 Å². The lowest BCUT2D eigenvalue weighted by Gasteiger charge is -2.02. The van der Waals surface area contributed by atoms with Gasteiger partial charge in [-0.1, -0.05) is 30.3 Å². The van der Waals surface area contributed by atoms with Crippen LogP contribution in [0.1, 0.15) is 5.69 Å². The van der Waals surface area contributed by atoms with Crippen LogP contribution in [0.15, 0.2) is 41.8 Å². The molecule has 0 radical (unpaired) electrons. The van der Waals surface area contributed by atoms with E-state index >= 15 is 0 Å². The van der Waals surface area contributed by atoms with Crippen LogP contribution >= 0.6 is 22.9 Å². The highest BCUT2D eigenvalue weighted by Gasteiger charge is 2.12. The normalized spacial score (nSPS) is 11.0. The first-order valence-corrected chi connectivity index (χ1v) is 8.13. The van der Waals surface area contributed by atoms with E-state index in [1.165, 1.54) is 11.3 Å². The number of halogens is 1. The monoisotopic (exact) mass is 342 g/mol. The highest BCUT2D eigenvalue weighted by atomic mass is 35.5. The molecule has 1 aromatic carbocycles. The van der Waals surface area contributed by atoms with E-state index in [0.717, 1.165) is 21.9 Å². The molecule has 4 rings (SSSR count). The Bertz CT molecular complexity index is 958. The molecule has 114 valence electrons. The molecule has 0 bridgehead atoms. The van der Waals surface area contributed by atoms with Crippen LogP contribution in [0.5, 0.6) is 0 Å². The van der Waals surface area contributed by atoms with E-state index in [4.69, 9.17) is 11.6 Å². The molecule has 0 fully saturated rings. The fraction of sp³-hybridized carbons (Fsp3) is 0.0667. The average molecular weight is 343 g/mol. The van der Waals surface area contributed by atoms with Crippen molar-refractivity contribution in [3.8, 4) is 11.3 Å². The van der Waals surface area contributed by atoms with Crippen LogP contribution in [-0.2, 0) is 0 Å². The second kappa shape index (κ2) is 5.60. The van der Waals surface area contributed by atoms with Gasteiger partial charge in [-0.2, -0.15) is 4.98 Å². The summed E-state index contributed by atoms with van der Waals surface area (Å²) >= 11 is 7.41. The van der Waals surface area contributed by atoms with E-state index < -0.39 is 0 Å². The SMILES string of the molecule is Cc1cc(Nc2nc3scc(-c4ccccc4)n3n2)nc(Cl)n1. The number of rotatable bonds is 3. The van der Waals surface area contributed by atoms with Crippen molar-refractivity contribution in [2.45, 2.75) is 6.92 Å². The van der Waals surface area contributed by atoms with Crippen LogP contribution in [0.4, 0.5) is 11.8 Å². The summed E-state index contributed by atoms with van der Waals surface area (Å²) in [5.74, 6) is 1.05. The van der Waals surface area contributed by atoms with E-state index in [1.807, 2.05) is 47.2 Å². The van der Waals surface area contributed by atoms with Gasteiger partial charge in [-0.25, -0.2) is 14.5 Å². The second-order valence-corrected chi connectivity index (χ2v) is 6.08. The topological polar surface area (TPSA) is 68.0 Å². The fourth-order valence-electron chi connectivity index (χ4n) is 2.25. The predicted octanol–water partition coefficient (Wildman–Crippen LogP) is 3.95. The van der Waals surface area contributed by atoms with Crippen molar-refractivity contribution in [1.82, 2.24) is 24.6 Å². The van der Waals surface area contributed by atoms with Gasteiger partial charge in [0, 0.05) is 22.7 Å². The van der Waals surface area contributed by atoms with Gasteiger partial charge in [-0.3, -0.25) is 0 Å². The number of thiazole rings is 1. The average Bonchev–Trinajstić information content (AvgIpc) is 3.06. The Hall–Kier alpha value is -2.51. The summed E-state index contributed by atoms with van der Waals surface area (Å²) in [5, 5.41) is 9.81. The first-order chi connectivity index (χ1) is 11.2. The standard InChI is InChI=1S/C15H11ClN6S/c1-9-7-12(18-13(16)17-9)19-14-20-15-22(21-14)11(8-23-15)10-5-3-2-4-6-10/h2-8H,1H3,(H,17,18,19,21). The Morgan fingerprint density at radius 3 is 2.74 bits per heavy atom. The molecule has 8 heteroatoms. The van der Waals surface area contributed by atoms with Crippen molar-refractivity contribution in [3.05, 3.63) is 52.8 Å². The van der Waals surface area contributed by atoms with Crippen molar-refractivity contribution < 1.29 is 0 Å². The molecule has 0 aliphatic heterocycles. The Balaban J connectivity index is 1.71. The van der Waals surface area contributed by atoms with Crippen LogP contribution in [0, 0.1) is 6.92 Å². The molecule has 23 heavy (non-hydrogen) atoms. The van der Waals surface area contributed by atoms with E-state index in [1.54, 1.807) is 6.07 Å². The van der Waals surface area contributed by atoms with Gasteiger partial charge in [0.15, 0.2) is 0 Å². The molecule has 3 heterocycles. The summed E-state index contributed by atoms with van der Waals surface area (Å²) < 4.78 is 1.82. The Morgan fingerprint density at radius 1 is 1.13 bits per heavy atom. The third kappa shape index (κ3) is 2.76. The summed E-state index contributed by atoms with van der Waals surface area (Å²) in [7, 11) is 0. The minimum absolute atomic E-state index is 0.193. The molecule has 6 nitrogen and oxygen atoms in total. The maximum atomic E-state index is 5.87. The highest BCUT2D eigenvalue weighted by molar-refractivity contribution is 7.15. The fourth-order valence-corrected chi connectivity index (χ4v) is 3.31. The van der Waals surface area contributed by atoms with Crippen molar-refractivity contribution in [3.63, 3.8) is 0 Å². The van der Waals surface area contributed by atoms with Gasteiger partial charge in [0.25, 0.3) is 0 Å². The van der Waals surface area contributed by atoms with Crippen LogP contribution in [0.3, 0.4) is 0 Å². The molecule has 0 amide bonds. The molecular weight excluding hydrogens is 332 g/mol. The molecule has 0 saturated carbocycles. The zero-order valence-corrected chi connectivity index (χ0v) is 13.6. The number of benzene rings is 1. The summed E-state index contributed by atoms with van der Waals surface area (Å²) in [5.41, 5.74) is 2.87. The number of nitrogens with zero attached hydrogens (tertiary/aromatic N) is 5. The van der Waals surface area contributed by atoms with Gasteiger partial charge in [0.2, 0.25) is 16.2 Å². The van der Waals surface area contributed by atoms with Gasteiger partial charge in [-0.15, -0.1) is 16.4 Å². The van der Waals surface area contributed by atoms with E-state index in [0.29, 0.717) is 11.8 Å². The summed E-state index contributed by atoms with van der Waals surface area (Å²) in [6.45, 7) is 1.85. The number of nitrogens with one attached hydrogen (secondary N) is 1. The van der Waals surface area contributed by atoms with E-state index in [9.17, 15) is 0 Å². The smallest absolute Gasteiger partial charge is 0.249 e. The van der Waals surface area contributed by atoms with E-state index in [2.05, 4.69) is 25.4 Å². The number of aryl methyl sites for hydroxylation is 1. The second-order valence-electron chi connectivity index (χ2n) is 4.91. The maximum Gasteiger partial charge on any atom is 0.249 e. The molecule has 1 N–H and O–H groups in total. The van der Waals surface area contributed by atoms with Crippen molar-refractivity contribution in [2.75, 3.05) is 5.32 Å². The Labute approximate surface area is 140 Å². The third-order valence-corrected chi connectivity index (χ3v) is 4.20. The van der Waals surface area contributed by atoms with Crippen LogP contribution < -0.4 is 5.32 Å². The van der Waals surface area contributed by atoms with Crippen LogP contribution in [-0.4, -0.2) is 24.6 Å². The van der Waals surface area contributed by atoms with Crippen molar-refractivity contribution >= 4 is 39.7 Å². The number of anilines is 2. The molecule has 0 saturated heterocycles. The predicted molar refractivity (Wildman–Crippen MR) is 91.4 cm³/mol. The van der Waals surface area contributed by atoms with E-state index in [-0.39, 0.29) is 5.28 Å². The minimum Gasteiger partial charge on any atom is -0.307 e. The van der Waals surface area contributed by atoms with Gasteiger partial charge < -0.3 is 5.32 Å². The van der Waals surface area contributed by atoms with Crippen LogP contribution in [0.2, 0.25) is 5.28 Å². The minimum atomic E-state index is 0.193. The van der Waals surface area contributed by atoms with Crippen molar-refractivity contribution in [1.29, 1.82) is 0 Å². The van der Waals surface area contributed by atoms with Gasteiger partial charge >= 0.3 is 0 Å². The molecule has 0 atom stereocenters. The molecule has 0 aliphatic carbocycles. The molecule has 4 aromatic rings. The quantitative estimate of drug-likeness (QED) is 0.571. The highest BCUT2D eigenvalue weighted by Crippen LogP contribution is 2.26. The zero-order chi connectivity index (χ0) is 15.8. The zero-order valence-electron chi connectivity index (χ0n) is 12.1. The largest absolute Gasteiger partial charge is 0.307 e. The molecule has 0 unspecified atom stereocenters. The molecule has 0 spiro atoms. The number of hydrogen-bond acceptors (Lipinski definition) is 6. The Kier molecular flexibility index (Phi) is 3.44. The summed E-state index contributed by atoms with van der Waals surface area (Å²) in [4.78, 5) is 13.4. The lowest BCUT2D eigenvalue weighted by atomic mass is 10.2. The molecular formula is C15H11ClN6S. The number of fused-ring (bicyclic) bond motifs is 1. The van der Waals surface area contributed by atoms with Gasteiger partial charge in [0.05, 0.1) is 5.69 Å². The van der Waals surface area contributed by atoms with Gasteiger partial charge in [-0.05, 0) is 18.5 Å². The molecule has 0 aliphatic rings. The van der Waals surface area contributed by atoms with Crippen LogP contribution in [0.25, 0.3) is 16.2 Å².